The molecule has 0 aliphatic heterocycles. The average Bonchev–Trinajstić information content (AvgIpc) is 2.16. The molecule has 0 bridgehead atoms. The number of hydrogen-bond donors (Lipinski definition) is 1. The molecule has 1 aromatic heterocycles. The van der Waals surface area contributed by atoms with E-state index in [0.717, 1.165) is 0 Å². The highest BCUT2D eigenvalue weighted by atomic mass is 19.4. The monoisotopic (exact) mass is 236 g/mol. The van der Waals surface area contributed by atoms with Crippen LogP contribution in [-0.4, -0.2) is 24.9 Å². The van der Waals surface area contributed by atoms with Gasteiger partial charge in [0.2, 0.25) is 0 Å². The lowest BCUT2D eigenvalue weighted by Gasteiger charge is -2.10. The quantitative estimate of drug-likeness (QED) is 0.868. The van der Waals surface area contributed by atoms with Gasteiger partial charge in [-0.25, -0.2) is 0 Å². The number of rotatable bonds is 4. The molecule has 1 heterocycles. The lowest BCUT2D eigenvalue weighted by Crippen LogP contribution is -2.13. The Morgan fingerprint density at radius 1 is 1.38 bits per heavy atom. The summed E-state index contributed by atoms with van der Waals surface area (Å²) in [4.78, 5) is 3.73. The van der Waals surface area contributed by atoms with Gasteiger partial charge in [-0.15, -0.1) is 0 Å². The van der Waals surface area contributed by atoms with Crippen molar-refractivity contribution in [2.75, 3.05) is 19.5 Å². The maximum atomic E-state index is 11.9. The van der Waals surface area contributed by atoms with Crippen LogP contribution in [0.3, 0.4) is 0 Å². The summed E-state index contributed by atoms with van der Waals surface area (Å²) < 4.78 is 45.3. The summed E-state index contributed by atoms with van der Waals surface area (Å²) in [6.07, 6.45) is -5.31. The Kier molecular flexibility index (Phi) is 3.81. The first-order valence-electron chi connectivity index (χ1n) is 4.42. The summed E-state index contributed by atoms with van der Waals surface area (Å²) in [6, 6.07) is 2.95. The number of hydrogen-bond acceptors (Lipinski definition) is 4. The molecule has 16 heavy (non-hydrogen) atoms. The third kappa shape index (κ3) is 3.84. The van der Waals surface area contributed by atoms with Crippen molar-refractivity contribution in [1.29, 1.82) is 0 Å². The smallest absolute Gasteiger partial charge is 0.392 e. The molecule has 0 atom stereocenters. The lowest BCUT2D eigenvalue weighted by atomic mass is 10.4. The van der Waals surface area contributed by atoms with Gasteiger partial charge in [-0.2, -0.15) is 18.2 Å². The van der Waals surface area contributed by atoms with Gasteiger partial charge in [0.25, 0.3) is 5.88 Å². The molecule has 2 N–H and O–H groups in total. The number of halogens is 3. The Morgan fingerprint density at radius 2 is 2.06 bits per heavy atom. The molecule has 0 fully saturated rings. The van der Waals surface area contributed by atoms with E-state index in [1.165, 1.54) is 19.2 Å². The van der Waals surface area contributed by atoms with Crippen LogP contribution in [0.25, 0.3) is 0 Å². The number of anilines is 1. The largest absolute Gasteiger partial charge is 0.491 e. The van der Waals surface area contributed by atoms with Crippen LogP contribution in [0.15, 0.2) is 12.1 Å². The number of pyridine rings is 1. The molecule has 4 nitrogen and oxygen atoms in total. The summed E-state index contributed by atoms with van der Waals surface area (Å²) in [5.41, 5.74) is 5.37. The highest BCUT2D eigenvalue weighted by Gasteiger charge is 2.27. The summed E-state index contributed by atoms with van der Waals surface area (Å²) in [7, 11) is 1.36. The second kappa shape index (κ2) is 4.91. The molecule has 0 saturated heterocycles. The van der Waals surface area contributed by atoms with Gasteiger partial charge < -0.3 is 15.2 Å². The van der Waals surface area contributed by atoms with E-state index in [4.69, 9.17) is 15.2 Å². The maximum absolute atomic E-state index is 11.9. The Morgan fingerprint density at radius 3 is 2.62 bits per heavy atom. The van der Waals surface area contributed by atoms with Crippen molar-refractivity contribution < 1.29 is 22.6 Å². The molecule has 0 aromatic carbocycles. The molecule has 1 aromatic rings. The molecule has 0 saturated carbocycles. The number of aromatic nitrogens is 1. The number of methoxy groups -OCH3 is 1. The predicted octanol–water partition coefficient (Wildman–Crippen LogP) is 2.00. The van der Waals surface area contributed by atoms with Gasteiger partial charge in [0.05, 0.1) is 20.1 Å². The third-order valence-electron chi connectivity index (χ3n) is 1.69. The second-order valence-corrected chi connectivity index (χ2v) is 2.96. The van der Waals surface area contributed by atoms with Crippen LogP contribution in [0.1, 0.15) is 6.42 Å². The molecular formula is C9H11F3N2O2. The van der Waals surface area contributed by atoms with E-state index in [1.54, 1.807) is 0 Å². The van der Waals surface area contributed by atoms with E-state index in [2.05, 4.69) is 4.98 Å². The van der Waals surface area contributed by atoms with Gasteiger partial charge >= 0.3 is 6.18 Å². The molecule has 0 amide bonds. The topological polar surface area (TPSA) is 57.4 Å². The van der Waals surface area contributed by atoms with Gasteiger partial charge in [0, 0.05) is 0 Å². The van der Waals surface area contributed by atoms with Crippen molar-refractivity contribution in [3.05, 3.63) is 12.1 Å². The molecule has 0 aliphatic carbocycles. The van der Waals surface area contributed by atoms with E-state index in [9.17, 15) is 13.2 Å². The number of nitrogens with two attached hydrogens (primary N) is 1. The van der Waals surface area contributed by atoms with Crippen molar-refractivity contribution in [2.24, 2.45) is 0 Å². The van der Waals surface area contributed by atoms with Crippen LogP contribution in [0.5, 0.6) is 11.6 Å². The summed E-state index contributed by atoms with van der Waals surface area (Å²) in [5, 5.41) is 0. The third-order valence-corrected chi connectivity index (χ3v) is 1.69. The normalized spacial score (nSPS) is 11.2. The van der Waals surface area contributed by atoms with E-state index >= 15 is 0 Å². The first-order valence-corrected chi connectivity index (χ1v) is 4.42. The number of ether oxygens (including phenoxy) is 2. The van der Waals surface area contributed by atoms with Crippen molar-refractivity contribution in [1.82, 2.24) is 4.98 Å². The van der Waals surface area contributed by atoms with Crippen molar-refractivity contribution in [2.45, 2.75) is 12.6 Å². The fourth-order valence-corrected chi connectivity index (χ4v) is 0.964. The SMILES string of the molecule is COc1ccc(N)nc1OCCC(F)(F)F. The molecule has 7 heteroatoms. The number of nitrogen functional groups attached to an aromatic ring is 1. The van der Waals surface area contributed by atoms with E-state index < -0.39 is 19.2 Å². The van der Waals surface area contributed by atoms with Crippen molar-refractivity contribution >= 4 is 5.82 Å². The number of alkyl halides is 3. The van der Waals surface area contributed by atoms with Crippen LogP contribution >= 0.6 is 0 Å². The summed E-state index contributed by atoms with van der Waals surface area (Å²) in [6.45, 7) is -0.518. The Bertz CT molecular complexity index is 355. The Labute approximate surface area is 90.2 Å². The van der Waals surface area contributed by atoms with Gasteiger partial charge in [-0.05, 0) is 12.1 Å². The average molecular weight is 236 g/mol. The van der Waals surface area contributed by atoms with Crippen LogP contribution < -0.4 is 15.2 Å². The Balaban J connectivity index is 2.62. The molecular weight excluding hydrogens is 225 g/mol. The summed E-state index contributed by atoms with van der Waals surface area (Å²) in [5.74, 6) is 0.367. The standard InChI is InChI=1S/C9H11F3N2O2/c1-15-6-2-3-7(13)14-8(6)16-5-4-9(10,11)12/h2-3H,4-5H2,1H3,(H2,13,14). The van der Waals surface area contributed by atoms with Gasteiger partial charge in [0.1, 0.15) is 5.82 Å². The fraction of sp³-hybridized carbons (Fsp3) is 0.444. The highest BCUT2D eigenvalue weighted by molar-refractivity contribution is 5.41. The van der Waals surface area contributed by atoms with Gasteiger partial charge in [0.15, 0.2) is 5.75 Å². The highest BCUT2D eigenvalue weighted by Crippen LogP contribution is 2.26. The summed E-state index contributed by atoms with van der Waals surface area (Å²) >= 11 is 0. The van der Waals surface area contributed by atoms with E-state index in [-0.39, 0.29) is 17.4 Å². The molecule has 0 spiro atoms. The Hall–Kier alpha value is -1.66. The molecule has 0 aliphatic rings. The maximum Gasteiger partial charge on any atom is 0.392 e. The van der Waals surface area contributed by atoms with Crippen LogP contribution in [0.4, 0.5) is 19.0 Å². The number of nitrogens with zero attached hydrogens (tertiary/aromatic N) is 1. The minimum absolute atomic E-state index is 0.0354. The zero-order valence-electron chi connectivity index (χ0n) is 8.54. The van der Waals surface area contributed by atoms with E-state index in [1.807, 2.05) is 0 Å². The lowest BCUT2D eigenvalue weighted by molar-refractivity contribution is -0.139. The minimum Gasteiger partial charge on any atom is -0.491 e. The van der Waals surface area contributed by atoms with Gasteiger partial charge in [-0.1, -0.05) is 0 Å². The molecule has 90 valence electrons. The zero-order chi connectivity index (χ0) is 12.2. The predicted molar refractivity (Wildman–Crippen MR) is 51.4 cm³/mol. The van der Waals surface area contributed by atoms with Gasteiger partial charge in [-0.3, -0.25) is 0 Å². The van der Waals surface area contributed by atoms with Crippen molar-refractivity contribution in [3.8, 4) is 11.6 Å². The zero-order valence-corrected chi connectivity index (χ0v) is 8.54. The van der Waals surface area contributed by atoms with Crippen LogP contribution in [0.2, 0.25) is 0 Å². The minimum atomic E-state index is -4.26. The first-order chi connectivity index (χ1) is 7.42. The first kappa shape index (κ1) is 12.4. The van der Waals surface area contributed by atoms with Crippen LogP contribution in [0, 0.1) is 0 Å². The molecule has 1 rings (SSSR count). The second-order valence-electron chi connectivity index (χ2n) is 2.96. The van der Waals surface area contributed by atoms with E-state index in [0.29, 0.717) is 0 Å². The fourth-order valence-electron chi connectivity index (χ4n) is 0.964. The van der Waals surface area contributed by atoms with Crippen molar-refractivity contribution in [3.63, 3.8) is 0 Å². The molecule has 0 radical (unpaired) electrons. The van der Waals surface area contributed by atoms with Crippen LogP contribution in [-0.2, 0) is 0 Å². The molecule has 0 unspecified atom stereocenters.